The van der Waals surface area contributed by atoms with Crippen molar-refractivity contribution in [2.45, 2.75) is 58.3 Å². The van der Waals surface area contributed by atoms with Gasteiger partial charge < -0.3 is 9.80 Å². The summed E-state index contributed by atoms with van der Waals surface area (Å²) in [7, 11) is 0. The van der Waals surface area contributed by atoms with E-state index in [1.165, 1.54) is 44.5 Å². The fraction of sp³-hybridized carbons (Fsp3) is 0.185. The fourth-order valence-electron chi connectivity index (χ4n) is 10.3. The first-order chi connectivity index (χ1) is 28.9. The third kappa shape index (κ3) is 5.81. The number of nitrogens with zero attached hydrogens (tertiary/aromatic N) is 6. The Morgan fingerprint density at radius 2 is 0.967 bits per heavy atom. The van der Waals surface area contributed by atoms with Crippen LogP contribution in [-0.2, 0) is 10.8 Å². The van der Waals surface area contributed by atoms with E-state index >= 15 is 0 Å². The number of fused-ring (bicyclic) bond motifs is 7. The quantitative estimate of drug-likeness (QED) is 0.167. The largest absolute Gasteiger partial charge is 0.311 e. The van der Waals surface area contributed by atoms with Gasteiger partial charge in [-0.2, -0.15) is 21.0 Å². The van der Waals surface area contributed by atoms with Gasteiger partial charge >= 0.3 is 0 Å². The molecule has 0 N–H and O–H groups in total. The minimum atomic E-state index is -0.330. The molecule has 0 fully saturated rings. The van der Waals surface area contributed by atoms with E-state index in [-0.39, 0.29) is 22.7 Å². The van der Waals surface area contributed by atoms with E-state index in [0.29, 0.717) is 22.3 Å². The number of allylic oxidation sites excluding steroid dienone is 3. The molecule has 0 bridgehead atoms. The van der Waals surface area contributed by atoms with Crippen LogP contribution in [0, 0.1) is 58.2 Å². The molecule has 0 spiro atoms. The molecule has 0 radical (unpaired) electrons. The summed E-state index contributed by atoms with van der Waals surface area (Å²) >= 11 is 0. The van der Waals surface area contributed by atoms with Gasteiger partial charge in [0.05, 0.1) is 46.5 Å². The number of nitriles is 4. The molecule has 6 aromatic carbocycles. The lowest BCUT2D eigenvalue weighted by Gasteiger charge is -2.37. The number of hydrogen-bond donors (Lipinski definition) is 0. The number of aryl methyl sites for hydroxylation is 1. The summed E-state index contributed by atoms with van der Waals surface area (Å²) in [6.45, 7) is 14.0. The molecular weight excluding hydrogens is 733 g/mol. The third-order valence-electron chi connectivity index (χ3n) is 13.0. The maximum absolute atomic E-state index is 9.58. The summed E-state index contributed by atoms with van der Waals surface area (Å²) in [5.74, 6) is 0.366. The van der Waals surface area contributed by atoms with Crippen LogP contribution in [0.25, 0.3) is 11.1 Å². The Labute approximate surface area is 352 Å². The van der Waals surface area contributed by atoms with E-state index in [4.69, 9.17) is 0 Å². The van der Waals surface area contributed by atoms with Crippen molar-refractivity contribution in [2.24, 2.45) is 5.92 Å². The highest BCUT2D eigenvalue weighted by Crippen LogP contribution is 2.63. The van der Waals surface area contributed by atoms with Gasteiger partial charge in [0.2, 0.25) is 0 Å². The van der Waals surface area contributed by atoms with E-state index in [1.54, 1.807) is 0 Å². The van der Waals surface area contributed by atoms with Crippen LogP contribution in [0.4, 0.5) is 28.4 Å². The number of hydrogen-bond acceptors (Lipinski definition) is 6. The predicted octanol–water partition coefficient (Wildman–Crippen LogP) is 12.9. The molecule has 0 heterocycles. The first-order valence-electron chi connectivity index (χ1n) is 20.2. The molecule has 0 aliphatic heterocycles. The number of benzene rings is 6. The van der Waals surface area contributed by atoms with Crippen molar-refractivity contribution in [3.05, 3.63) is 195 Å². The monoisotopic (exact) mass is 774 g/mol. The molecule has 0 saturated heterocycles. The van der Waals surface area contributed by atoms with Crippen molar-refractivity contribution >= 4 is 28.4 Å². The molecule has 6 nitrogen and oxygen atoms in total. The van der Waals surface area contributed by atoms with Gasteiger partial charge in [0.1, 0.15) is 0 Å². The zero-order chi connectivity index (χ0) is 42.1. The zero-order valence-corrected chi connectivity index (χ0v) is 34.5. The lowest BCUT2D eigenvalue weighted by molar-refractivity contribution is 0.380. The minimum absolute atomic E-state index is 0.165. The molecule has 6 aromatic rings. The van der Waals surface area contributed by atoms with Crippen molar-refractivity contribution in [1.29, 1.82) is 21.0 Å². The van der Waals surface area contributed by atoms with E-state index < -0.39 is 0 Å². The Bertz CT molecular complexity index is 2860. The van der Waals surface area contributed by atoms with Gasteiger partial charge in [-0.3, -0.25) is 0 Å². The van der Waals surface area contributed by atoms with Crippen molar-refractivity contribution in [2.75, 3.05) is 9.80 Å². The van der Waals surface area contributed by atoms with Crippen LogP contribution in [0.3, 0.4) is 0 Å². The third-order valence-corrected chi connectivity index (χ3v) is 13.0. The predicted molar refractivity (Wildman–Crippen MR) is 238 cm³/mol. The van der Waals surface area contributed by atoms with Gasteiger partial charge in [0, 0.05) is 45.5 Å². The molecule has 2 unspecified atom stereocenters. The maximum atomic E-state index is 9.58. The highest BCUT2D eigenvalue weighted by molar-refractivity contribution is 5.90. The Hall–Kier alpha value is -7.64. The molecule has 60 heavy (non-hydrogen) atoms. The van der Waals surface area contributed by atoms with Crippen molar-refractivity contribution in [3.63, 3.8) is 0 Å². The van der Waals surface area contributed by atoms with Crippen molar-refractivity contribution in [3.8, 4) is 35.4 Å². The Kier molecular flexibility index (Phi) is 8.86. The van der Waals surface area contributed by atoms with Crippen LogP contribution in [0.15, 0.2) is 145 Å². The van der Waals surface area contributed by atoms with Crippen molar-refractivity contribution in [1.82, 2.24) is 0 Å². The smallest absolute Gasteiger partial charge is 0.0991 e. The Morgan fingerprint density at radius 1 is 0.517 bits per heavy atom. The molecule has 0 saturated carbocycles. The zero-order valence-electron chi connectivity index (χ0n) is 34.5. The van der Waals surface area contributed by atoms with Crippen LogP contribution in [0.1, 0.15) is 90.6 Å². The van der Waals surface area contributed by atoms with Crippen LogP contribution < -0.4 is 9.80 Å². The summed E-state index contributed by atoms with van der Waals surface area (Å²) < 4.78 is 0. The summed E-state index contributed by atoms with van der Waals surface area (Å²) in [5.41, 5.74) is 18.2. The highest BCUT2D eigenvalue weighted by Gasteiger charge is 2.52. The van der Waals surface area contributed by atoms with Gasteiger partial charge in [-0.25, -0.2) is 0 Å². The van der Waals surface area contributed by atoms with Gasteiger partial charge in [-0.05, 0) is 179 Å². The topological polar surface area (TPSA) is 102 Å². The molecule has 6 heteroatoms. The van der Waals surface area contributed by atoms with Crippen LogP contribution in [0.2, 0.25) is 0 Å². The average molecular weight is 775 g/mol. The summed E-state index contributed by atoms with van der Waals surface area (Å²) in [6, 6.07) is 49.1. The molecule has 3 aliphatic carbocycles. The van der Waals surface area contributed by atoms with E-state index in [2.05, 4.69) is 112 Å². The Balaban J connectivity index is 1.17. The van der Waals surface area contributed by atoms with Crippen LogP contribution in [-0.4, -0.2) is 0 Å². The lowest BCUT2D eigenvalue weighted by Crippen LogP contribution is -2.31. The fourth-order valence-corrected chi connectivity index (χ4v) is 10.3. The molecule has 0 amide bonds. The molecule has 3 aliphatic rings. The van der Waals surface area contributed by atoms with Gasteiger partial charge in [0.15, 0.2) is 0 Å². The summed E-state index contributed by atoms with van der Waals surface area (Å²) in [5, 5.41) is 38.3. The van der Waals surface area contributed by atoms with Gasteiger partial charge in [-0.15, -0.1) is 0 Å². The second-order valence-corrected chi connectivity index (χ2v) is 17.3. The molecule has 9 rings (SSSR count). The molecular formula is C54H42N6. The van der Waals surface area contributed by atoms with Crippen LogP contribution in [0.5, 0.6) is 0 Å². The summed E-state index contributed by atoms with van der Waals surface area (Å²) in [6.07, 6.45) is 4.76. The number of rotatable bonds is 6. The minimum Gasteiger partial charge on any atom is -0.311 e. The Morgan fingerprint density at radius 3 is 1.42 bits per heavy atom. The second-order valence-electron chi connectivity index (χ2n) is 17.3. The average Bonchev–Trinajstić information content (AvgIpc) is 3.64. The van der Waals surface area contributed by atoms with E-state index in [0.717, 1.165) is 34.1 Å². The van der Waals surface area contributed by atoms with Crippen LogP contribution >= 0.6 is 0 Å². The number of anilines is 5. The van der Waals surface area contributed by atoms with E-state index in [1.807, 2.05) is 97.1 Å². The summed E-state index contributed by atoms with van der Waals surface area (Å²) in [4.78, 5) is 4.45. The first kappa shape index (κ1) is 37.9. The molecule has 0 aromatic heterocycles. The van der Waals surface area contributed by atoms with Gasteiger partial charge in [-0.1, -0.05) is 51.5 Å². The van der Waals surface area contributed by atoms with Crippen molar-refractivity contribution < 1.29 is 0 Å². The lowest BCUT2D eigenvalue weighted by atomic mass is 9.69. The normalized spacial score (nSPS) is 17.2. The highest BCUT2D eigenvalue weighted by atomic mass is 15.2. The maximum Gasteiger partial charge on any atom is 0.0991 e. The molecule has 288 valence electrons. The van der Waals surface area contributed by atoms with Gasteiger partial charge in [0.25, 0.3) is 0 Å². The SMILES string of the molecule is CC1=CC(N(c2ccc(C#N)cc2)c2ccc(C#N)cc2)=CC2C1c1ccc3c(c1C2(C)C)C(C)(C)c1cc(N(c2ccc(C#N)cc2)c2ccc(C#N)cc2)cc(C)c1-3. The molecule has 2 atom stereocenters. The first-order valence-corrected chi connectivity index (χ1v) is 20.2. The second kappa shape index (κ2) is 14.0. The van der Waals surface area contributed by atoms with E-state index in [9.17, 15) is 21.0 Å². The standard InChI is InChI=1S/C54H42N6/c1-33-25-43(59(39-15-7-35(29-55)8-16-39)40-17-9-36(30-56)10-18-40)27-47-49(33)45-23-24-46-50-34(2)26-44(28-48(50)54(5,6)52(46)51(45)53(47,3)4)60(41-19-11-37(31-57)12-20-41)42-21-13-38(32-58)14-22-42/h7-28,47,49H,1-6H3.